The Balaban J connectivity index is 2.14. The highest BCUT2D eigenvalue weighted by atomic mass is 16.5. The highest BCUT2D eigenvalue weighted by Gasteiger charge is 2.11. The van der Waals surface area contributed by atoms with Gasteiger partial charge < -0.3 is 14.9 Å². The van der Waals surface area contributed by atoms with Crippen LogP contribution in [0.2, 0.25) is 0 Å². The summed E-state index contributed by atoms with van der Waals surface area (Å²) in [4.78, 5) is 26.0. The third-order valence-corrected chi connectivity index (χ3v) is 2.71. The molecule has 0 aliphatic rings. The SMILES string of the molecule is CC(C)c1noc(CCC(=O)NCCCCC(=O)O)n1. The van der Waals surface area contributed by atoms with E-state index in [0.29, 0.717) is 43.9 Å². The van der Waals surface area contributed by atoms with E-state index >= 15 is 0 Å². The van der Waals surface area contributed by atoms with Crippen LogP contribution in [0.25, 0.3) is 0 Å². The van der Waals surface area contributed by atoms with E-state index in [-0.39, 0.29) is 18.2 Å². The minimum atomic E-state index is -0.811. The summed E-state index contributed by atoms with van der Waals surface area (Å²) >= 11 is 0. The summed E-state index contributed by atoms with van der Waals surface area (Å²) in [5, 5.41) is 15.0. The standard InChI is InChI=1S/C13H21N3O4/c1-9(2)13-15-11(20-16-13)7-6-10(17)14-8-4-3-5-12(18)19/h9H,3-8H2,1-2H3,(H,14,17)(H,18,19). The van der Waals surface area contributed by atoms with Crippen molar-refractivity contribution in [3.8, 4) is 0 Å². The highest BCUT2D eigenvalue weighted by molar-refractivity contribution is 5.75. The second-order valence-corrected chi connectivity index (χ2v) is 4.90. The molecule has 0 bridgehead atoms. The number of carbonyl (C=O) groups excluding carboxylic acids is 1. The van der Waals surface area contributed by atoms with Gasteiger partial charge in [0.25, 0.3) is 0 Å². The van der Waals surface area contributed by atoms with E-state index < -0.39 is 5.97 Å². The van der Waals surface area contributed by atoms with Crippen LogP contribution in [0.1, 0.15) is 57.2 Å². The van der Waals surface area contributed by atoms with Crippen molar-refractivity contribution >= 4 is 11.9 Å². The van der Waals surface area contributed by atoms with Crippen molar-refractivity contribution < 1.29 is 19.2 Å². The van der Waals surface area contributed by atoms with Gasteiger partial charge in [0.05, 0.1) is 0 Å². The lowest BCUT2D eigenvalue weighted by molar-refractivity contribution is -0.137. The molecule has 20 heavy (non-hydrogen) atoms. The minimum Gasteiger partial charge on any atom is -0.481 e. The molecule has 1 amide bonds. The smallest absolute Gasteiger partial charge is 0.303 e. The number of aryl methyl sites for hydroxylation is 1. The van der Waals surface area contributed by atoms with Crippen LogP contribution in [-0.4, -0.2) is 33.7 Å². The van der Waals surface area contributed by atoms with E-state index in [1.807, 2.05) is 13.8 Å². The molecule has 1 rings (SSSR count). The number of hydrogen-bond donors (Lipinski definition) is 2. The fourth-order valence-electron chi connectivity index (χ4n) is 1.54. The molecule has 0 spiro atoms. The molecule has 0 unspecified atom stereocenters. The molecule has 1 aromatic heterocycles. The largest absolute Gasteiger partial charge is 0.481 e. The molecular formula is C13H21N3O4. The second kappa shape index (κ2) is 8.29. The average Bonchev–Trinajstić information content (AvgIpc) is 2.84. The van der Waals surface area contributed by atoms with Gasteiger partial charge in [0.1, 0.15) is 0 Å². The number of carboxylic acids is 1. The molecule has 2 N–H and O–H groups in total. The normalized spacial score (nSPS) is 10.8. The van der Waals surface area contributed by atoms with Gasteiger partial charge in [0, 0.05) is 31.7 Å². The summed E-state index contributed by atoms with van der Waals surface area (Å²) < 4.78 is 5.04. The van der Waals surface area contributed by atoms with E-state index in [0.717, 1.165) is 0 Å². The van der Waals surface area contributed by atoms with E-state index in [4.69, 9.17) is 9.63 Å². The summed E-state index contributed by atoms with van der Waals surface area (Å²) in [5.74, 6) is 0.415. The lowest BCUT2D eigenvalue weighted by Gasteiger charge is -2.03. The summed E-state index contributed by atoms with van der Waals surface area (Å²) in [5.41, 5.74) is 0. The van der Waals surface area contributed by atoms with Crippen LogP contribution in [0.5, 0.6) is 0 Å². The van der Waals surface area contributed by atoms with Gasteiger partial charge in [-0.25, -0.2) is 0 Å². The number of aromatic nitrogens is 2. The fourth-order valence-corrected chi connectivity index (χ4v) is 1.54. The molecule has 0 atom stereocenters. The van der Waals surface area contributed by atoms with E-state index in [1.165, 1.54) is 0 Å². The van der Waals surface area contributed by atoms with Crippen molar-refractivity contribution in [2.24, 2.45) is 0 Å². The second-order valence-electron chi connectivity index (χ2n) is 4.90. The van der Waals surface area contributed by atoms with E-state index in [9.17, 15) is 9.59 Å². The lowest BCUT2D eigenvalue weighted by atomic mass is 10.2. The number of carbonyl (C=O) groups is 2. The first kappa shape index (κ1) is 16.1. The van der Waals surface area contributed by atoms with E-state index in [1.54, 1.807) is 0 Å². The van der Waals surface area contributed by atoms with Gasteiger partial charge in [-0.3, -0.25) is 9.59 Å². The monoisotopic (exact) mass is 283 g/mol. The molecule has 7 nitrogen and oxygen atoms in total. The molecule has 7 heteroatoms. The Bertz CT molecular complexity index is 443. The molecular weight excluding hydrogens is 262 g/mol. The van der Waals surface area contributed by atoms with Crippen LogP contribution >= 0.6 is 0 Å². The van der Waals surface area contributed by atoms with Gasteiger partial charge in [-0.1, -0.05) is 19.0 Å². The van der Waals surface area contributed by atoms with Gasteiger partial charge in [-0.05, 0) is 12.8 Å². The number of unbranched alkanes of at least 4 members (excludes halogenated alkanes) is 1. The maximum Gasteiger partial charge on any atom is 0.303 e. The first-order valence-electron chi connectivity index (χ1n) is 6.80. The van der Waals surface area contributed by atoms with Crippen molar-refractivity contribution in [2.45, 2.75) is 51.9 Å². The molecule has 0 saturated carbocycles. The van der Waals surface area contributed by atoms with Crippen LogP contribution < -0.4 is 5.32 Å². The molecule has 1 aromatic rings. The fraction of sp³-hybridized carbons (Fsp3) is 0.692. The maximum atomic E-state index is 11.5. The van der Waals surface area contributed by atoms with Crippen LogP contribution in [0.15, 0.2) is 4.52 Å². The number of amides is 1. The summed E-state index contributed by atoms with van der Waals surface area (Å²) in [7, 11) is 0. The molecule has 0 radical (unpaired) electrons. The number of aliphatic carboxylic acids is 1. The molecule has 0 fully saturated rings. The topological polar surface area (TPSA) is 105 Å². The predicted octanol–water partition coefficient (Wildman–Crippen LogP) is 1.50. The summed E-state index contributed by atoms with van der Waals surface area (Å²) in [6.07, 6.45) is 2.07. The van der Waals surface area contributed by atoms with Crippen LogP contribution in [0.3, 0.4) is 0 Å². The number of nitrogens with one attached hydrogen (secondary N) is 1. The highest BCUT2D eigenvalue weighted by Crippen LogP contribution is 2.10. The van der Waals surface area contributed by atoms with Crippen LogP contribution in [-0.2, 0) is 16.0 Å². The van der Waals surface area contributed by atoms with Crippen molar-refractivity contribution in [3.05, 3.63) is 11.7 Å². The van der Waals surface area contributed by atoms with Gasteiger partial charge in [0.15, 0.2) is 5.82 Å². The molecule has 0 aliphatic heterocycles. The molecule has 112 valence electrons. The van der Waals surface area contributed by atoms with Crippen molar-refractivity contribution in [1.29, 1.82) is 0 Å². The quantitative estimate of drug-likeness (QED) is 0.665. The Morgan fingerprint density at radius 3 is 2.65 bits per heavy atom. The van der Waals surface area contributed by atoms with Crippen LogP contribution in [0, 0.1) is 0 Å². The number of rotatable bonds is 9. The van der Waals surface area contributed by atoms with Crippen LogP contribution in [0.4, 0.5) is 0 Å². The Hall–Kier alpha value is -1.92. The van der Waals surface area contributed by atoms with Crippen molar-refractivity contribution in [1.82, 2.24) is 15.5 Å². The summed E-state index contributed by atoms with van der Waals surface area (Å²) in [6, 6.07) is 0. The Morgan fingerprint density at radius 2 is 2.05 bits per heavy atom. The van der Waals surface area contributed by atoms with Gasteiger partial charge >= 0.3 is 5.97 Å². The summed E-state index contributed by atoms with van der Waals surface area (Å²) in [6.45, 7) is 4.43. The van der Waals surface area contributed by atoms with Crippen molar-refractivity contribution in [2.75, 3.05) is 6.54 Å². The molecule has 1 heterocycles. The average molecular weight is 283 g/mol. The third-order valence-electron chi connectivity index (χ3n) is 2.71. The minimum absolute atomic E-state index is 0.0929. The van der Waals surface area contributed by atoms with Gasteiger partial charge in [-0.15, -0.1) is 0 Å². The molecule has 0 saturated heterocycles. The Morgan fingerprint density at radius 1 is 1.30 bits per heavy atom. The Labute approximate surface area is 117 Å². The third kappa shape index (κ3) is 6.31. The first-order valence-corrected chi connectivity index (χ1v) is 6.80. The zero-order valence-corrected chi connectivity index (χ0v) is 11.9. The zero-order valence-electron chi connectivity index (χ0n) is 11.9. The maximum absolute atomic E-state index is 11.5. The zero-order chi connectivity index (χ0) is 15.0. The van der Waals surface area contributed by atoms with Crippen molar-refractivity contribution in [3.63, 3.8) is 0 Å². The Kier molecular flexibility index (Phi) is 6.69. The van der Waals surface area contributed by atoms with Gasteiger partial charge in [-0.2, -0.15) is 4.98 Å². The number of nitrogens with zero attached hydrogens (tertiary/aromatic N) is 2. The lowest BCUT2D eigenvalue weighted by Crippen LogP contribution is -2.24. The first-order chi connectivity index (χ1) is 9.49. The number of carboxylic acid groups (broad SMARTS) is 1. The molecule has 0 aliphatic carbocycles. The molecule has 0 aromatic carbocycles. The predicted molar refractivity (Wildman–Crippen MR) is 71.2 cm³/mol. The number of hydrogen-bond acceptors (Lipinski definition) is 5. The van der Waals surface area contributed by atoms with Gasteiger partial charge in [0.2, 0.25) is 11.8 Å². The van der Waals surface area contributed by atoms with E-state index in [2.05, 4.69) is 15.5 Å².